The topological polar surface area (TPSA) is 20.3 Å². The van der Waals surface area contributed by atoms with E-state index in [4.69, 9.17) is 11.6 Å². The maximum Gasteiger partial charge on any atom is 0.286 e. The van der Waals surface area contributed by atoms with Crippen LogP contribution < -0.4 is 4.90 Å². The summed E-state index contributed by atoms with van der Waals surface area (Å²) in [5, 5.41) is 0.822. The van der Waals surface area contributed by atoms with Crippen molar-refractivity contribution in [3.63, 3.8) is 0 Å². The first-order valence-corrected chi connectivity index (χ1v) is 7.04. The lowest BCUT2D eigenvalue weighted by Crippen LogP contribution is -2.49. The number of thioether (sulfide) groups is 1. The van der Waals surface area contributed by atoms with E-state index in [0.717, 1.165) is 11.4 Å². The minimum absolute atomic E-state index is 0.115. The number of hydrogen-bond donors (Lipinski definition) is 0. The Balaban J connectivity index is 2.40. The second-order valence-electron chi connectivity index (χ2n) is 4.88. The van der Waals surface area contributed by atoms with Crippen molar-refractivity contribution in [1.82, 2.24) is 0 Å². The molecule has 17 heavy (non-hydrogen) atoms. The highest BCUT2D eigenvalue weighted by atomic mass is 35.5. The average molecular weight is 270 g/mol. The van der Waals surface area contributed by atoms with Gasteiger partial charge in [-0.1, -0.05) is 37.2 Å². The van der Waals surface area contributed by atoms with Crippen molar-refractivity contribution in [3.8, 4) is 0 Å². The van der Waals surface area contributed by atoms with Crippen LogP contribution in [-0.4, -0.2) is 16.5 Å². The number of carbonyl (C=O) groups excluding carboxylic acids is 1. The van der Waals surface area contributed by atoms with Crippen LogP contribution in [0, 0.1) is 5.92 Å². The molecular formula is C13H16ClNOS. The lowest BCUT2D eigenvalue weighted by atomic mass is 9.88. The molecule has 0 aromatic heterocycles. The molecule has 1 fully saturated rings. The number of carbonyl (C=O) groups is 1. The van der Waals surface area contributed by atoms with Crippen molar-refractivity contribution in [2.24, 2.45) is 5.92 Å². The monoisotopic (exact) mass is 269 g/mol. The summed E-state index contributed by atoms with van der Waals surface area (Å²) in [5.41, 5.74) is 0.816. The number of benzene rings is 1. The van der Waals surface area contributed by atoms with E-state index in [1.54, 1.807) is 0 Å². The smallest absolute Gasteiger partial charge is 0.286 e. The summed E-state index contributed by atoms with van der Waals surface area (Å²) in [6.07, 6.45) is 0. The van der Waals surface area contributed by atoms with Gasteiger partial charge in [0.05, 0.1) is 5.54 Å². The minimum Gasteiger partial charge on any atom is -0.296 e. The molecule has 1 aliphatic rings. The zero-order chi connectivity index (χ0) is 12.6. The van der Waals surface area contributed by atoms with Crippen molar-refractivity contribution in [2.45, 2.75) is 26.3 Å². The largest absolute Gasteiger partial charge is 0.296 e. The first-order chi connectivity index (χ1) is 7.95. The molecule has 2 rings (SSSR count). The lowest BCUT2D eigenvalue weighted by molar-refractivity contribution is 0.257. The van der Waals surface area contributed by atoms with E-state index in [1.807, 2.05) is 29.2 Å². The predicted octanol–water partition coefficient (Wildman–Crippen LogP) is 4.43. The highest BCUT2D eigenvalue weighted by Gasteiger charge is 2.45. The molecule has 1 saturated heterocycles. The molecule has 2 nitrogen and oxygen atoms in total. The maximum absolute atomic E-state index is 12.0. The van der Waals surface area contributed by atoms with E-state index in [9.17, 15) is 4.79 Å². The second kappa shape index (κ2) is 4.54. The quantitative estimate of drug-likeness (QED) is 0.792. The Bertz CT molecular complexity index is 432. The van der Waals surface area contributed by atoms with Gasteiger partial charge in [-0.15, -0.1) is 0 Å². The molecule has 1 heterocycles. The Kier molecular flexibility index (Phi) is 3.41. The molecule has 0 radical (unpaired) electrons. The summed E-state index contributed by atoms with van der Waals surface area (Å²) in [4.78, 5) is 13.9. The number of hydrogen-bond acceptors (Lipinski definition) is 2. The van der Waals surface area contributed by atoms with Crippen LogP contribution in [-0.2, 0) is 0 Å². The van der Waals surface area contributed by atoms with Crippen LogP contribution in [0.25, 0.3) is 0 Å². The fraction of sp³-hybridized carbons (Fsp3) is 0.462. The molecule has 0 N–H and O–H groups in total. The van der Waals surface area contributed by atoms with Crippen LogP contribution in [0.1, 0.15) is 20.8 Å². The molecule has 0 saturated carbocycles. The van der Waals surface area contributed by atoms with Crippen molar-refractivity contribution >= 4 is 34.3 Å². The van der Waals surface area contributed by atoms with Gasteiger partial charge >= 0.3 is 0 Å². The summed E-state index contributed by atoms with van der Waals surface area (Å²) >= 11 is 7.27. The molecule has 1 aromatic rings. The Hall–Kier alpha value is -0.670. The Morgan fingerprint density at radius 3 is 2.47 bits per heavy atom. The minimum atomic E-state index is -0.115. The van der Waals surface area contributed by atoms with Crippen LogP contribution in [0.2, 0.25) is 5.02 Å². The molecule has 1 aliphatic heterocycles. The molecule has 1 aromatic carbocycles. The Morgan fingerprint density at radius 1 is 1.35 bits per heavy atom. The number of anilines is 1. The van der Waals surface area contributed by atoms with Gasteiger partial charge in [0.25, 0.3) is 5.24 Å². The molecule has 0 spiro atoms. The van der Waals surface area contributed by atoms with Crippen LogP contribution >= 0.6 is 23.4 Å². The Morgan fingerprint density at radius 2 is 1.94 bits per heavy atom. The average Bonchev–Trinajstić information content (AvgIpc) is 2.58. The van der Waals surface area contributed by atoms with Crippen molar-refractivity contribution in [2.75, 3.05) is 10.7 Å². The van der Waals surface area contributed by atoms with Gasteiger partial charge < -0.3 is 0 Å². The third-order valence-electron chi connectivity index (χ3n) is 3.51. The van der Waals surface area contributed by atoms with Crippen molar-refractivity contribution in [3.05, 3.63) is 29.3 Å². The first-order valence-electron chi connectivity index (χ1n) is 5.68. The maximum atomic E-state index is 12.0. The van der Waals surface area contributed by atoms with Crippen LogP contribution in [0.4, 0.5) is 10.5 Å². The van der Waals surface area contributed by atoms with Crippen LogP contribution in [0.3, 0.4) is 0 Å². The molecular weight excluding hydrogens is 254 g/mol. The number of amides is 1. The number of rotatable bonds is 2. The van der Waals surface area contributed by atoms with Crippen molar-refractivity contribution in [1.29, 1.82) is 0 Å². The zero-order valence-electron chi connectivity index (χ0n) is 10.2. The van der Waals surface area contributed by atoms with Gasteiger partial charge in [-0.05, 0) is 37.1 Å². The van der Waals surface area contributed by atoms with E-state index in [1.165, 1.54) is 11.8 Å². The third-order valence-corrected chi connectivity index (χ3v) is 4.92. The number of halogens is 1. The van der Waals surface area contributed by atoms with Crippen LogP contribution in [0.5, 0.6) is 0 Å². The summed E-state index contributed by atoms with van der Waals surface area (Å²) in [6, 6.07) is 7.47. The van der Waals surface area contributed by atoms with E-state index in [0.29, 0.717) is 10.9 Å². The van der Waals surface area contributed by atoms with Crippen molar-refractivity contribution < 1.29 is 4.79 Å². The molecule has 92 valence electrons. The van der Waals surface area contributed by atoms with Gasteiger partial charge in [-0.25, -0.2) is 0 Å². The summed E-state index contributed by atoms with van der Waals surface area (Å²) < 4.78 is 0. The molecule has 0 bridgehead atoms. The molecule has 1 unspecified atom stereocenters. The van der Waals surface area contributed by atoms with Gasteiger partial charge in [0, 0.05) is 16.5 Å². The first kappa shape index (κ1) is 12.8. The molecule has 1 amide bonds. The normalized spacial score (nSPS) is 24.8. The fourth-order valence-electron chi connectivity index (χ4n) is 1.96. The van der Waals surface area contributed by atoms with Gasteiger partial charge in [-0.3, -0.25) is 9.69 Å². The summed E-state index contributed by atoms with van der Waals surface area (Å²) in [7, 11) is 0. The van der Waals surface area contributed by atoms with E-state index < -0.39 is 0 Å². The molecule has 1 atom stereocenters. The predicted molar refractivity (Wildman–Crippen MR) is 75.0 cm³/mol. The second-order valence-corrected chi connectivity index (χ2v) is 6.24. The highest BCUT2D eigenvalue weighted by molar-refractivity contribution is 8.14. The fourth-order valence-corrected chi connectivity index (χ4v) is 3.41. The van der Waals surface area contributed by atoms with Crippen LogP contribution in [0.15, 0.2) is 24.3 Å². The number of nitrogens with zero attached hydrogens (tertiary/aromatic N) is 1. The van der Waals surface area contributed by atoms with Gasteiger partial charge in [0.2, 0.25) is 0 Å². The third kappa shape index (κ3) is 2.18. The lowest BCUT2D eigenvalue weighted by Gasteiger charge is -2.37. The highest BCUT2D eigenvalue weighted by Crippen LogP contribution is 2.41. The zero-order valence-corrected chi connectivity index (χ0v) is 11.8. The Labute approximate surface area is 111 Å². The van der Waals surface area contributed by atoms with Gasteiger partial charge in [-0.2, -0.15) is 0 Å². The van der Waals surface area contributed by atoms with Gasteiger partial charge in [0.15, 0.2) is 0 Å². The summed E-state index contributed by atoms with van der Waals surface area (Å²) in [5.74, 6) is 1.25. The summed E-state index contributed by atoms with van der Waals surface area (Å²) in [6.45, 7) is 6.45. The van der Waals surface area contributed by atoms with E-state index in [2.05, 4.69) is 20.8 Å². The SMILES string of the molecule is CC(C)C1(C)CSC(=O)N1c1ccc(Cl)cc1. The standard InChI is InChI=1S/C13H16ClNOS/c1-9(2)13(3)8-17-12(16)15(13)11-6-4-10(14)5-7-11/h4-7,9H,8H2,1-3H3. The van der Waals surface area contributed by atoms with E-state index >= 15 is 0 Å². The van der Waals surface area contributed by atoms with Gasteiger partial charge in [0.1, 0.15) is 0 Å². The van der Waals surface area contributed by atoms with E-state index in [-0.39, 0.29) is 10.8 Å². The molecule has 4 heteroatoms. The molecule has 0 aliphatic carbocycles.